The molecule has 2 aromatic carbocycles. The lowest BCUT2D eigenvalue weighted by atomic mass is 10.1. The fraction of sp³-hybridized carbons (Fsp3) is 0.143. The molecule has 2 rings (SSSR count). The molecule has 0 saturated heterocycles. The van der Waals surface area contributed by atoms with Crippen LogP contribution in [0.4, 0.5) is 8.78 Å². The Morgan fingerprint density at radius 1 is 1.00 bits per heavy atom. The predicted octanol–water partition coefficient (Wildman–Crippen LogP) is 2.92. The van der Waals surface area contributed by atoms with E-state index in [-0.39, 0.29) is 14.3 Å². The number of halogens is 2. The molecule has 0 aliphatic rings. The van der Waals surface area contributed by atoms with Gasteiger partial charge in [0.1, 0.15) is 17.4 Å². The maximum absolute atomic E-state index is 13.6. The van der Waals surface area contributed by atoms with Crippen LogP contribution in [0, 0.1) is 25.5 Å². The first-order chi connectivity index (χ1) is 8.47. The molecule has 0 radical (unpaired) electrons. The van der Waals surface area contributed by atoms with Crippen molar-refractivity contribution >= 4 is 19.2 Å². The average molecular weight is 266 g/mol. The van der Waals surface area contributed by atoms with Gasteiger partial charge in [0.15, 0.2) is 0 Å². The van der Waals surface area contributed by atoms with Crippen LogP contribution < -0.4 is 10.6 Å². The lowest BCUT2D eigenvalue weighted by molar-refractivity contribution is 0.475. The Morgan fingerprint density at radius 3 is 2.39 bits per heavy atom. The fourth-order valence-corrected chi connectivity index (χ4v) is 3.06. The number of hydrogen-bond donors (Lipinski definition) is 1. The van der Waals surface area contributed by atoms with E-state index in [1.165, 1.54) is 12.1 Å². The van der Waals surface area contributed by atoms with E-state index < -0.39 is 11.6 Å². The van der Waals surface area contributed by atoms with Crippen molar-refractivity contribution < 1.29 is 13.9 Å². The molecule has 1 atom stereocenters. The molecular formula is C14H13F2OP. The highest BCUT2D eigenvalue weighted by Gasteiger charge is 2.10. The molecular weight excluding hydrogens is 253 g/mol. The third kappa shape index (κ3) is 2.68. The number of rotatable bonds is 2. The Labute approximate surface area is 106 Å². The van der Waals surface area contributed by atoms with E-state index in [2.05, 4.69) is 0 Å². The molecule has 0 aliphatic carbocycles. The van der Waals surface area contributed by atoms with Crippen LogP contribution in [0.5, 0.6) is 5.75 Å². The van der Waals surface area contributed by atoms with E-state index in [4.69, 9.17) is 0 Å². The molecule has 1 unspecified atom stereocenters. The van der Waals surface area contributed by atoms with Crippen molar-refractivity contribution in [1.29, 1.82) is 0 Å². The Balaban J connectivity index is 2.40. The number of aromatic hydroxyl groups is 1. The predicted molar refractivity (Wildman–Crippen MR) is 71.5 cm³/mol. The molecule has 2 aromatic rings. The monoisotopic (exact) mass is 266 g/mol. The molecule has 0 aromatic heterocycles. The lowest BCUT2D eigenvalue weighted by Crippen LogP contribution is -2.09. The summed E-state index contributed by atoms with van der Waals surface area (Å²) < 4.78 is 26.4. The molecule has 0 heterocycles. The highest BCUT2D eigenvalue weighted by Crippen LogP contribution is 2.24. The quantitative estimate of drug-likeness (QED) is 0.829. The maximum Gasteiger partial charge on any atom is 0.133 e. The van der Waals surface area contributed by atoms with Crippen molar-refractivity contribution in [2.75, 3.05) is 0 Å². The minimum absolute atomic E-state index is 0.0281. The normalized spacial score (nSPS) is 11.3. The van der Waals surface area contributed by atoms with Gasteiger partial charge in [0.25, 0.3) is 0 Å². The summed E-state index contributed by atoms with van der Waals surface area (Å²) in [5, 5.41) is 11.0. The highest BCUT2D eigenvalue weighted by molar-refractivity contribution is 7.55. The second-order valence-corrected chi connectivity index (χ2v) is 5.55. The minimum Gasteiger partial charge on any atom is -0.507 e. The van der Waals surface area contributed by atoms with Crippen molar-refractivity contribution in [1.82, 2.24) is 0 Å². The molecule has 0 saturated carbocycles. The standard InChI is InChI=1S/C14H13F2OP/c1-8-5-9(2)14(17)13(6-8)18-12-4-3-10(15)7-11(12)16/h3-7,17-18H,1-2H3. The number of hydrogen-bond acceptors (Lipinski definition) is 1. The van der Waals surface area contributed by atoms with Gasteiger partial charge >= 0.3 is 0 Å². The molecule has 0 spiro atoms. The Hall–Kier alpha value is -1.47. The van der Waals surface area contributed by atoms with Gasteiger partial charge in [-0.25, -0.2) is 8.78 Å². The minimum atomic E-state index is -0.592. The van der Waals surface area contributed by atoms with Crippen LogP contribution in [0.25, 0.3) is 0 Å². The summed E-state index contributed by atoms with van der Waals surface area (Å²) in [6.45, 7) is 3.72. The molecule has 94 valence electrons. The van der Waals surface area contributed by atoms with Gasteiger partial charge in [0.2, 0.25) is 0 Å². The van der Waals surface area contributed by atoms with E-state index >= 15 is 0 Å². The largest absolute Gasteiger partial charge is 0.507 e. The summed E-state index contributed by atoms with van der Waals surface area (Å²) in [6, 6.07) is 7.20. The summed E-state index contributed by atoms with van der Waals surface area (Å²) in [7, 11) is -0.0281. The molecule has 0 bridgehead atoms. The first-order valence-electron chi connectivity index (χ1n) is 5.49. The Kier molecular flexibility index (Phi) is 3.63. The van der Waals surface area contributed by atoms with Crippen molar-refractivity contribution in [3.8, 4) is 5.75 Å². The third-order valence-corrected chi connectivity index (χ3v) is 3.97. The van der Waals surface area contributed by atoms with Gasteiger partial charge in [0, 0.05) is 16.7 Å². The zero-order valence-corrected chi connectivity index (χ0v) is 11.1. The van der Waals surface area contributed by atoms with E-state index in [0.717, 1.165) is 17.2 Å². The van der Waals surface area contributed by atoms with Gasteiger partial charge in [-0.1, -0.05) is 14.6 Å². The molecule has 0 fully saturated rings. The zero-order valence-electron chi connectivity index (χ0n) is 10.1. The van der Waals surface area contributed by atoms with Gasteiger partial charge < -0.3 is 5.11 Å². The lowest BCUT2D eigenvalue weighted by Gasteiger charge is -2.10. The van der Waals surface area contributed by atoms with Gasteiger partial charge in [-0.15, -0.1) is 0 Å². The molecule has 18 heavy (non-hydrogen) atoms. The number of phenolic OH excluding ortho intramolecular Hbond substituents is 1. The van der Waals surface area contributed by atoms with E-state index in [0.29, 0.717) is 10.6 Å². The van der Waals surface area contributed by atoms with Crippen molar-refractivity contribution in [2.24, 2.45) is 0 Å². The van der Waals surface area contributed by atoms with Crippen LogP contribution in [-0.2, 0) is 0 Å². The maximum atomic E-state index is 13.6. The molecule has 0 aliphatic heterocycles. The average Bonchev–Trinajstić information content (AvgIpc) is 2.29. The van der Waals surface area contributed by atoms with Gasteiger partial charge in [-0.05, 0) is 43.2 Å². The zero-order chi connectivity index (χ0) is 13.3. The molecule has 0 amide bonds. The van der Waals surface area contributed by atoms with Crippen LogP contribution in [0.15, 0.2) is 30.3 Å². The van der Waals surface area contributed by atoms with Crippen LogP contribution in [-0.4, -0.2) is 5.11 Å². The van der Waals surface area contributed by atoms with E-state index in [9.17, 15) is 13.9 Å². The van der Waals surface area contributed by atoms with Crippen LogP contribution in [0.3, 0.4) is 0 Å². The topological polar surface area (TPSA) is 20.2 Å². The molecule has 1 N–H and O–H groups in total. The smallest absolute Gasteiger partial charge is 0.133 e. The Morgan fingerprint density at radius 2 is 1.72 bits per heavy atom. The second-order valence-electron chi connectivity index (χ2n) is 4.23. The summed E-state index contributed by atoms with van der Waals surface area (Å²) in [5.41, 5.74) is 1.77. The molecule has 1 nitrogen and oxygen atoms in total. The summed E-state index contributed by atoms with van der Waals surface area (Å²) in [5.74, 6) is -0.986. The number of benzene rings is 2. The van der Waals surface area contributed by atoms with Gasteiger partial charge in [0.05, 0.1) is 0 Å². The number of aryl methyl sites for hydroxylation is 2. The summed E-state index contributed by atoms with van der Waals surface area (Å²) >= 11 is 0. The van der Waals surface area contributed by atoms with E-state index in [1.54, 1.807) is 6.92 Å². The number of phenols is 1. The third-order valence-electron chi connectivity index (χ3n) is 2.65. The van der Waals surface area contributed by atoms with E-state index in [1.807, 2.05) is 19.1 Å². The first-order valence-corrected chi connectivity index (χ1v) is 6.49. The van der Waals surface area contributed by atoms with Crippen LogP contribution >= 0.6 is 8.58 Å². The van der Waals surface area contributed by atoms with Crippen molar-refractivity contribution in [2.45, 2.75) is 13.8 Å². The van der Waals surface area contributed by atoms with Crippen molar-refractivity contribution in [3.63, 3.8) is 0 Å². The van der Waals surface area contributed by atoms with Crippen molar-refractivity contribution in [3.05, 3.63) is 53.1 Å². The highest BCUT2D eigenvalue weighted by atomic mass is 31.1. The first kappa shape index (κ1) is 13.0. The summed E-state index contributed by atoms with van der Waals surface area (Å²) in [6.07, 6.45) is 0. The second kappa shape index (κ2) is 5.03. The fourth-order valence-electron chi connectivity index (χ4n) is 1.79. The van der Waals surface area contributed by atoms with Crippen LogP contribution in [0.1, 0.15) is 11.1 Å². The van der Waals surface area contributed by atoms with Gasteiger partial charge in [-0.2, -0.15) is 0 Å². The molecule has 4 heteroatoms. The van der Waals surface area contributed by atoms with Gasteiger partial charge in [-0.3, -0.25) is 0 Å². The van der Waals surface area contributed by atoms with Crippen LogP contribution in [0.2, 0.25) is 0 Å². The Bertz CT molecular complexity index is 597. The summed E-state index contributed by atoms with van der Waals surface area (Å²) in [4.78, 5) is 0. The SMILES string of the molecule is Cc1cc(C)c(O)c(Pc2ccc(F)cc2F)c1.